The number of aromatic nitrogens is 2. The number of halogens is 3. The molecule has 2 N–H and O–H groups in total. The first-order chi connectivity index (χ1) is 13.8. The SMILES string of the molecule is COc1cccc(Nc2ncnc(Nc3cccc(C(F)(F)F)c3)c2[N+](=O)[O-])c1. The highest BCUT2D eigenvalue weighted by atomic mass is 19.4. The maximum Gasteiger partial charge on any atom is 0.416 e. The summed E-state index contributed by atoms with van der Waals surface area (Å²) in [4.78, 5) is 18.6. The third-order valence-electron chi connectivity index (χ3n) is 3.79. The summed E-state index contributed by atoms with van der Waals surface area (Å²) in [7, 11) is 1.48. The highest BCUT2D eigenvalue weighted by Gasteiger charge is 2.31. The van der Waals surface area contributed by atoms with Gasteiger partial charge < -0.3 is 15.4 Å². The molecule has 0 amide bonds. The van der Waals surface area contributed by atoms with Gasteiger partial charge in [-0.25, -0.2) is 9.97 Å². The maximum atomic E-state index is 12.9. The molecule has 150 valence electrons. The molecule has 0 spiro atoms. The largest absolute Gasteiger partial charge is 0.497 e. The molecule has 0 aliphatic heterocycles. The quantitative estimate of drug-likeness (QED) is 0.444. The predicted molar refractivity (Wildman–Crippen MR) is 99.7 cm³/mol. The summed E-state index contributed by atoms with van der Waals surface area (Å²) in [6.07, 6.45) is -3.49. The molecule has 0 saturated heterocycles. The number of methoxy groups -OCH3 is 1. The third-order valence-corrected chi connectivity index (χ3v) is 3.79. The zero-order valence-corrected chi connectivity index (χ0v) is 14.9. The number of alkyl halides is 3. The van der Waals surface area contributed by atoms with Crippen molar-refractivity contribution in [2.75, 3.05) is 17.7 Å². The number of anilines is 4. The predicted octanol–water partition coefficient (Wildman–Crippen LogP) is 4.90. The van der Waals surface area contributed by atoms with Crippen LogP contribution in [-0.4, -0.2) is 22.0 Å². The van der Waals surface area contributed by atoms with Crippen LogP contribution in [0.2, 0.25) is 0 Å². The van der Waals surface area contributed by atoms with Crippen LogP contribution in [0.25, 0.3) is 0 Å². The first-order valence-corrected chi connectivity index (χ1v) is 8.12. The highest BCUT2D eigenvalue weighted by molar-refractivity contribution is 5.77. The molecule has 0 saturated carbocycles. The van der Waals surface area contributed by atoms with Crippen molar-refractivity contribution in [2.24, 2.45) is 0 Å². The second-order valence-electron chi connectivity index (χ2n) is 5.74. The molecule has 0 atom stereocenters. The van der Waals surface area contributed by atoms with E-state index in [4.69, 9.17) is 4.74 Å². The van der Waals surface area contributed by atoms with E-state index in [2.05, 4.69) is 20.6 Å². The van der Waals surface area contributed by atoms with E-state index in [9.17, 15) is 23.3 Å². The van der Waals surface area contributed by atoms with Crippen molar-refractivity contribution in [3.63, 3.8) is 0 Å². The molecule has 2 aromatic carbocycles. The topological polar surface area (TPSA) is 102 Å². The van der Waals surface area contributed by atoms with E-state index in [-0.39, 0.29) is 17.3 Å². The van der Waals surface area contributed by atoms with E-state index in [0.29, 0.717) is 11.4 Å². The van der Waals surface area contributed by atoms with E-state index in [1.807, 2.05) is 0 Å². The Morgan fingerprint density at radius 2 is 1.59 bits per heavy atom. The van der Waals surface area contributed by atoms with E-state index >= 15 is 0 Å². The highest BCUT2D eigenvalue weighted by Crippen LogP contribution is 2.35. The normalized spacial score (nSPS) is 11.0. The number of nitrogens with one attached hydrogen (secondary N) is 2. The Kier molecular flexibility index (Phi) is 5.48. The molecular weight excluding hydrogens is 391 g/mol. The zero-order valence-electron chi connectivity index (χ0n) is 14.9. The molecule has 0 aliphatic carbocycles. The number of nitro groups is 1. The van der Waals surface area contributed by atoms with Crippen LogP contribution in [0.4, 0.5) is 41.9 Å². The fourth-order valence-corrected chi connectivity index (χ4v) is 2.48. The van der Waals surface area contributed by atoms with Crippen molar-refractivity contribution in [1.29, 1.82) is 0 Å². The van der Waals surface area contributed by atoms with Gasteiger partial charge in [-0.1, -0.05) is 12.1 Å². The first kappa shape index (κ1) is 19.9. The molecule has 1 aromatic heterocycles. The fourth-order valence-electron chi connectivity index (χ4n) is 2.48. The number of hydrogen-bond acceptors (Lipinski definition) is 7. The van der Waals surface area contributed by atoms with Gasteiger partial charge in [0.15, 0.2) is 0 Å². The molecule has 1 heterocycles. The molecule has 8 nitrogen and oxygen atoms in total. The number of hydrogen-bond donors (Lipinski definition) is 2. The summed E-state index contributed by atoms with van der Waals surface area (Å²) < 4.78 is 43.8. The van der Waals surface area contributed by atoms with Gasteiger partial charge in [-0.15, -0.1) is 0 Å². The summed E-state index contributed by atoms with van der Waals surface area (Å²) in [5.41, 5.74) is -0.952. The Hall–Kier alpha value is -3.89. The van der Waals surface area contributed by atoms with Gasteiger partial charge in [0.2, 0.25) is 11.6 Å². The van der Waals surface area contributed by atoms with E-state index < -0.39 is 22.4 Å². The van der Waals surface area contributed by atoms with Crippen LogP contribution in [0, 0.1) is 10.1 Å². The summed E-state index contributed by atoms with van der Waals surface area (Å²) in [6.45, 7) is 0. The van der Waals surface area contributed by atoms with Crippen molar-refractivity contribution >= 4 is 28.7 Å². The van der Waals surface area contributed by atoms with Crippen LogP contribution in [-0.2, 0) is 6.18 Å². The van der Waals surface area contributed by atoms with Crippen molar-refractivity contribution in [2.45, 2.75) is 6.18 Å². The summed E-state index contributed by atoms with van der Waals surface area (Å²) in [5.74, 6) is 0.136. The van der Waals surface area contributed by atoms with E-state index in [1.54, 1.807) is 24.3 Å². The Bertz CT molecular complexity index is 1040. The van der Waals surface area contributed by atoms with Crippen molar-refractivity contribution in [1.82, 2.24) is 9.97 Å². The van der Waals surface area contributed by atoms with Crippen LogP contribution < -0.4 is 15.4 Å². The molecule has 3 rings (SSSR count). The lowest BCUT2D eigenvalue weighted by Crippen LogP contribution is -2.07. The van der Waals surface area contributed by atoms with Crippen LogP contribution >= 0.6 is 0 Å². The van der Waals surface area contributed by atoms with Crippen LogP contribution in [0.3, 0.4) is 0 Å². The molecule has 29 heavy (non-hydrogen) atoms. The second kappa shape index (κ2) is 8.00. The summed E-state index contributed by atoms with van der Waals surface area (Å²) in [6, 6.07) is 10.9. The van der Waals surface area contributed by atoms with Gasteiger partial charge in [0.25, 0.3) is 0 Å². The standard InChI is InChI=1S/C18H14F3N5O3/c1-29-14-7-3-6-13(9-14)25-17-15(26(27)28)16(22-10-23-17)24-12-5-2-4-11(8-12)18(19,20)21/h2-10H,1H3,(H2,22,23,24,25). The second-order valence-corrected chi connectivity index (χ2v) is 5.74. The molecule has 0 aliphatic rings. The van der Waals surface area contributed by atoms with Gasteiger partial charge in [0.05, 0.1) is 17.6 Å². The van der Waals surface area contributed by atoms with Gasteiger partial charge in [-0.2, -0.15) is 13.2 Å². The number of ether oxygens (including phenoxy) is 1. The molecule has 11 heteroatoms. The maximum absolute atomic E-state index is 12.9. The monoisotopic (exact) mass is 405 g/mol. The van der Waals surface area contributed by atoms with Crippen molar-refractivity contribution in [3.8, 4) is 5.75 Å². The number of benzene rings is 2. The molecule has 3 aromatic rings. The summed E-state index contributed by atoms with van der Waals surface area (Å²) in [5, 5.41) is 17.0. The van der Waals surface area contributed by atoms with Crippen molar-refractivity contribution in [3.05, 3.63) is 70.5 Å². The summed E-state index contributed by atoms with van der Waals surface area (Å²) >= 11 is 0. The third kappa shape index (κ3) is 4.69. The van der Waals surface area contributed by atoms with Gasteiger partial charge >= 0.3 is 11.9 Å². The minimum atomic E-state index is -4.55. The van der Waals surface area contributed by atoms with Gasteiger partial charge in [0, 0.05) is 17.4 Å². The Morgan fingerprint density at radius 3 is 2.14 bits per heavy atom. The molecular formula is C18H14F3N5O3. The van der Waals surface area contributed by atoms with Gasteiger partial charge in [-0.05, 0) is 30.3 Å². The average Bonchev–Trinajstić information content (AvgIpc) is 2.67. The number of nitrogens with zero attached hydrogens (tertiary/aromatic N) is 3. The Balaban J connectivity index is 1.96. The number of rotatable bonds is 6. The Labute approximate surface area is 162 Å². The van der Waals surface area contributed by atoms with Gasteiger partial charge in [0.1, 0.15) is 12.1 Å². The van der Waals surface area contributed by atoms with Crippen molar-refractivity contribution < 1.29 is 22.8 Å². The average molecular weight is 405 g/mol. The Morgan fingerprint density at radius 1 is 1.00 bits per heavy atom. The molecule has 0 radical (unpaired) electrons. The fraction of sp³-hybridized carbons (Fsp3) is 0.111. The minimum Gasteiger partial charge on any atom is -0.497 e. The lowest BCUT2D eigenvalue weighted by atomic mass is 10.2. The first-order valence-electron chi connectivity index (χ1n) is 8.12. The van der Waals surface area contributed by atoms with Gasteiger partial charge in [-0.3, -0.25) is 10.1 Å². The van der Waals surface area contributed by atoms with E-state index in [1.165, 1.54) is 19.2 Å². The zero-order chi connectivity index (χ0) is 21.0. The van der Waals surface area contributed by atoms with E-state index in [0.717, 1.165) is 18.5 Å². The van der Waals surface area contributed by atoms with Crippen LogP contribution in [0.15, 0.2) is 54.9 Å². The lowest BCUT2D eigenvalue weighted by molar-refractivity contribution is -0.383. The molecule has 0 unspecified atom stereocenters. The molecule has 0 bridgehead atoms. The molecule has 0 fully saturated rings. The van der Waals surface area contributed by atoms with Crippen LogP contribution in [0.5, 0.6) is 5.75 Å². The minimum absolute atomic E-state index is 0.00560. The van der Waals surface area contributed by atoms with Crippen LogP contribution in [0.1, 0.15) is 5.56 Å². The smallest absolute Gasteiger partial charge is 0.416 e. The lowest BCUT2D eigenvalue weighted by Gasteiger charge is -2.12.